The van der Waals surface area contributed by atoms with E-state index in [4.69, 9.17) is 5.11 Å². The predicted octanol–water partition coefficient (Wildman–Crippen LogP) is 0.167. The molecule has 0 aromatic carbocycles. The highest BCUT2D eigenvalue weighted by atomic mass is 16.3. The quantitative estimate of drug-likeness (QED) is 0.406. The zero-order chi connectivity index (χ0) is 2.71. The van der Waals surface area contributed by atoms with E-state index in [1.54, 1.807) is 0 Å². The Morgan fingerprint density at radius 3 is 1.40 bits per heavy atom. The molecule has 0 saturated carbocycles. The highest BCUT2D eigenvalue weighted by Crippen LogP contribution is 1.04. The van der Waals surface area contributed by atoms with Gasteiger partial charge in [-0.25, -0.2) is 0 Å². The Hall–Kier alpha value is -0.0800. The molecule has 0 atom stereocenters. The second-order valence-electron chi connectivity index (χ2n) is 0.183. The Bertz CT molecular complexity index is 6.85. The Morgan fingerprint density at radius 2 is 1.40 bits per heavy atom. The van der Waals surface area contributed by atoms with Gasteiger partial charge in [-0.05, 0) is 0 Å². The average molecular weight is 79.1 g/mol. The first-order valence-corrected chi connectivity index (χ1v) is 0.724. The topological polar surface area (TPSA) is 46.2 Å². The first-order chi connectivity index (χ1) is 1.41. The monoisotopic (exact) mass is 79.1 g/mol. The van der Waals surface area contributed by atoms with Crippen LogP contribution in [0.1, 0.15) is 14.9 Å². The van der Waals surface area contributed by atoms with E-state index in [9.17, 15) is 0 Å². The fraction of sp³-hybridized carbons (Fsp3) is 1.00. The number of hydrogen-bond donors (Lipinski definition) is 2. The van der Waals surface area contributed by atoms with E-state index in [0.717, 1.165) is 0 Å². The maximum absolute atomic E-state index is 7.35. The van der Waals surface area contributed by atoms with Crippen molar-refractivity contribution in [1.29, 1.82) is 0 Å². The molecule has 2 heteroatoms. The summed E-state index contributed by atoms with van der Waals surface area (Å²) in [6.07, 6.45) is 0. The van der Waals surface area contributed by atoms with Crippen molar-refractivity contribution in [1.82, 2.24) is 0 Å². The summed E-state index contributed by atoms with van der Waals surface area (Å²) in [4.78, 5) is 0. The molecule has 0 aliphatic rings. The van der Waals surface area contributed by atoms with Crippen LogP contribution in [-0.2, 0) is 0 Å². The van der Waals surface area contributed by atoms with Crippen molar-refractivity contribution in [3.63, 3.8) is 0 Å². The zero-order valence-corrected chi connectivity index (χ0v) is 1.73. The van der Waals surface area contributed by atoms with Gasteiger partial charge in [0.05, 0.1) is 6.73 Å². The largest absolute Gasteiger partial charge is 0.382 e. The summed E-state index contributed by atoms with van der Waals surface area (Å²) in [6.45, 7) is -0.250. The SMILES string of the molecule is C.C.NCO. The summed E-state index contributed by atoms with van der Waals surface area (Å²) in [5.41, 5.74) is 4.40. The Kier molecular flexibility index (Phi) is 162. The first-order valence-electron chi connectivity index (χ1n) is 0.724. The van der Waals surface area contributed by atoms with Gasteiger partial charge in [-0.15, -0.1) is 0 Å². The van der Waals surface area contributed by atoms with Gasteiger partial charge in [-0.1, -0.05) is 14.9 Å². The van der Waals surface area contributed by atoms with Gasteiger partial charge >= 0.3 is 0 Å². The van der Waals surface area contributed by atoms with Gasteiger partial charge < -0.3 is 10.8 Å². The Balaban J connectivity index is -0.0000000200. The van der Waals surface area contributed by atoms with E-state index < -0.39 is 0 Å². The molecule has 3 N–H and O–H groups in total. The van der Waals surface area contributed by atoms with Crippen molar-refractivity contribution >= 4 is 0 Å². The lowest BCUT2D eigenvalue weighted by Crippen LogP contribution is -1.92. The Morgan fingerprint density at radius 1 is 1.40 bits per heavy atom. The summed E-state index contributed by atoms with van der Waals surface area (Å²) >= 11 is 0. The summed E-state index contributed by atoms with van der Waals surface area (Å²) in [5.74, 6) is 0. The van der Waals surface area contributed by atoms with Crippen LogP contribution in [0.5, 0.6) is 0 Å². The van der Waals surface area contributed by atoms with Crippen LogP contribution >= 0.6 is 0 Å². The van der Waals surface area contributed by atoms with E-state index in [-0.39, 0.29) is 21.6 Å². The molecule has 0 unspecified atom stereocenters. The molecule has 0 heterocycles. The van der Waals surface area contributed by atoms with E-state index in [1.165, 1.54) is 0 Å². The highest BCUT2D eigenvalue weighted by Gasteiger charge is 1.30. The van der Waals surface area contributed by atoms with Gasteiger partial charge in [0.1, 0.15) is 0 Å². The number of nitrogens with two attached hydrogens (primary N) is 1. The molecule has 0 spiro atoms. The number of rotatable bonds is 0. The molecule has 0 aromatic rings. The van der Waals surface area contributed by atoms with Crippen molar-refractivity contribution in [2.45, 2.75) is 14.9 Å². The number of aliphatic hydroxyl groups excluding tert-OH is 1. The van der Waals surface area contributed by atoms with Crippen molar-refractivity contribution in [3.05, 3.63) is 0 Å². The summed E-state index contributed by atoms with van der Waals surface area (Å²) in [7, 11) is 0. The number of hydrogen-bond acceptors (Lipinski definition) is 2. The van der Waals surface area contributed by atoms with Gasteiger partial charge in [0.2, 0.25) is 0 Å². The molecule has 36 valence electrons. The molecule has 0 aliphatic carbocycles. The van der Waals surface area contributed by atoms with Crippen LogP contribution < -0.4 is 5.73 Å². The minimum atomic E-state index is -0.250. The molecule has 0 radical (unpaired) electrons. The van der Waals surface area contributed by atoms with Gasteiger partial charge in [0.15, 0.2) is 0 Å². The third kappa shape index (κ3) is 2260. The van der Waals surface area contributed by atoms with Crippen molar-refractivity contribution in [2.75, 3.05) is 6.73 Å². The smallest absolute Gasteiger partial charge is 0.0906 e. The van der Waals surface area contributed by atoms with Crippen LogP contribution in [-0.4, -0.2) is 11.8 Å². The molecule has 0 fully saturated rings. The van der Waals surface area contributed by atoms with Crippen molar-refractivity contribution < 1.29 is 5.11 Å². The molecule has 0 amide bonds. The van der Waals surface area contributed by atoms with E-state index in [0.29, 0.717) is 0 Å². The normalized spacial score (nSPS) is 3.60. The fourth-order valence-electron chi connectivity index (χ4n) is 0. The molecule has 0 saturated heterocycles. The van der Waals surface area contributed by atoms with Gasteiger partial charge in [-0.2, -0.15) is 0 Å². The maximum atomic E-state index is 7.35. The molecular weight excluding hydrogens is 66.0 g/mol. The first kappa shape index (κ1) is 20.5. The van der Waals surface area contributed by atoms with E-state index >= 15 is 0 Å². The standard InChI is InChI=1S/CH5NO.2CH4/c2-1-3;;/h3H,1-2H2;2*1H4. The molecule has 0 rings (SSSR count). The zero-order valence-electron chi connectivity index (χ0n) is 1.73. The van der Waals surface area contributed by atoms with Crippen LogP contribution in [0.4, 0.5) is 0 Å². The molecule has 0 aliphatic heterocycles. The predicted molar refractivity (Wildman–Crippen MR) is 24.7 cm³/mol. The molecular formula is C3H13NO. The molecule has 5 heavy (non-hydrogen) atoms. The van der Waals surface area contributed by atoms with Crippen LogP contribution in [0, 0.1) is 0 Å². The fourth-order valence-corrected chi connectivity index (χ4v) is 0. The van der Waals surface area contributed by atoms with Crippen molar-refractivity contribution in [2.24, 2.45) is 5.73 Å². The summed E-state index contributed by atoms with van der Waals surface area (Å²) in [5, 5.41) is 7.35. The van der Waals surface area contributed by atoms with Crippen molar-refractivity contribution in [3.8, 4) is 0 Å². The molecule has 2 nitrogen and oxygen atoms in total. The summed E-state index contributed by atoms with van der Waals surface area (Å²) in [6, 6.07) is 0. The number of aliphatic hydroxyl groups is 1. The van der Waals surface area contributed by atoms with E-state index in [1.807, 2.05) is 0 Å². The van der Waals surface area contributed by atoms with E-state index in [2.05, 4.69) is 5.73 Å². The average Bonchev–Trinajstić information content (AvgIpc) is 0.918. The second kappa shape index (κ2) is 39.5. The third-order valence-electron chi connectivity index (χ3n) is 0. The minimum Gasteiger partial charge on any atom is -0.382 e. The van der Waals surface area contributed by atoms with Crippen LogP contribution in [0.2, 0.25) is 0 Å². The minimum absolute atomic E-state index is 0. The summed E-state index contributed by atoms with van der Waals surface area (Å²) < 4.78 is 0. The van der Waals surface area contributed by atoms with Crippen LogP contribution in [0.25, 0.3) is 0 Å². The van der Waals surface area contributed by atoms with Gasteiger partial charge in [0.25, 0.3) is 0 Å². The van der Waals surface area contributed by atoms with Gasteiger partial charge in [-0.3, -0.25) is 0 Å². The second-order valence-corrected chi connectivity index (χ2v) is 0.183. The maximum Gasteiger partial charge on any atom is 0.0906 e. The van der Waals surface area contributed by atoms with Gasteiger partial charge in [0, 0.05) is 0 Å². The third-order valence-corrected chi connectivity index (χ3v) is 0. The lowest BCUT2D eigenvalue weighted by molar-refractivity contribution is 0.307. The lowest BCUT2D eigenvalue weighted by atomic mass is 11.4. The Labute approximate surface area is 33.6 Å². The molecule has 0 bridgehead atoms. The molecule has 0 aromatic heterocycles. The van der Waals surface area contributed by atoms with Crippen LogP contribution in [0.3, 0.4) is 0 Å². The lowest BCUT2D eigenvalue weighted by Gasteiger charge is -1.56. The van der Waals surface area contributed by atoms with Crippen LogP contribution in [0.15, 0.2) is 0 Å². The highest BCUT2D eigenvalue weighted by molar-refractivity contribution is 3.76.